The van der Waals surface area contributed by atoms with E-state index in [0.717, 1.165) is 6.26 Å². The van der Waals surface area contributed by atoms with Gasteiger partial charge >= 0.3 is 5.97 Å². The van der Waals surface area contributed by atoms with Crippen LogP contribution in [0.5, 0.6) is 0 Å². The highest BCUT2D eigenvalue weighted by atomic mass is 32.2. The number of carbonyl (C=O) groups excluding carboxylic acids is 2. The van der Waals surface area contributed by atoms with Crippen LogP contribution in [0.4, 0.5) is 10.1 Å². The number of anilines is 1. The Morgan fingerprint density at radius 1 is 1.12 bits per heavy atom. The molecule has 6 nitrogen and oxygen atoms in total. The molecule has 138 valence electrons. The van der Waals surface area contributed by atoms with E-state index in [0.29, 0.717) is 5.56 Å². The summed E-state index contributed by atoms with van der Waals surface area (Å²) in [6.07, 6.45) is -0.0675. The molecule has 0 saturated carbocycles. The standard InChI is InChI=1S/C18H18FNO5S/c1-11-4-7-14(10-16(11)19)20-17(21)12(2)25-18(22)13-5-8-15(9-6-13)26(3,23)24/h4-10,12H,1-3H3,(H,20,21). The lowest BCUT2D eigenvalue weighted by atomic mass is 10.2. The molecule has 0 radical (unpaired) electrons. The van der Waals surface area contributed by atoms with Gasteiger partial charge in [0.1, 0.15) is 5.82 Å². The molecule has 0 saturated heterocycles. The average Bonchev–Trinajstić information content (AvgIpc) is 2.57. The van der Waals surface area contributed by atoms with Gasteiger partial charge in [-0.3, -0.25) is 4.79 Å². The van der Waals surface area contributed by atoms with Crippen LogP contribution in [0.3, 0.4) is 0 Å². The molecular weight excluding hydrogens is 361 g/mol. The Bertz CT molecular complexity index is 939. The first-order chi connectivity index (χ1) is 12.1. The van der Waals surface area contributed by atoms with Gasteiger partial charge in [0.25, 0.3) is 5.91 Å². The lowest BCUT2D eigenvalue weighted by Gasteiger charge is -2.14. The maximum absolute atomic E-state index is 13.5. The summed E-state index contributed by atoms with van der Waals surface area (Å²) in [4.78, 5) is 24.2. The number of rotatable bonds is 5. The zero-order valence-corrected chi connectivity index (χ0v) is 15.3. The molecule has 1 N–H and O–H groups in total. The van der Waals surface area contributed by atoms with E-state index >= 15 is 0 Å². The highest BCUT2D eigenvalue weighted by Gasteiger charge is 2.20. The van der Waals surface area contributed by atoms with E-state index in [2.05, 4.69) is 5.32 Å². The van der Waals surface area contributed by atoms with Crippen LogP contribution in [0.1, 0.15) is 22.8 Å². The molecule has 0 aliphatic heterocycles. The van der Waals surface area contributed by atoms with Crippen molar-refractivity contribution in [3.63, 3.8) is 0 Å². The van der Waals surface area contributed by atoms with Crippen molar-refractivity contribution < 1.29 is 27.1 Å². The number of carbonyl (C=O) groups is 2. The Balaban J connectivity index is 2.01. The van der Waals surface area contributed by atoms with E-state index in [1.54, 1.807) is 6.92 Å². The molecule has 26 heavy (non-hydrogen) atoms. The van der Waals surface area contributed by atoms with Crippen molar-refractivity contribution in [3.8, 4) is 0 Å². The summed E-state index contributed by atoms with van der Waals surface area (Å²) in [5.74, 6) is -1.85. The van der Waals surface area contributed by atoms with Crippen molar-refractivity contribution in [2.45, 2.75) is 24.8 Å². The average molecular weight is 379 g/mol. The van der Waals surface area contributed by atoms with Crippen LogP contribution in [-0.2, 0) is 19.4 Å². The summed E-state index contributed by atoms with van der Waals surface area (Å²) in [6.45, 7) is 2.98. The van der Waals surface area contributed by atoms with Crippen LogP contribution in [0.15, 0.2) is 47.4 Å². The molecule has 0 aromatic heterocycles. The van der Waals surface area contributed by atoms with Gasteiger partial charge in [-0.15, -0.1) is 0 Å². The topological polar surface area (TPSA) is 89.5 Å². The minimum Gasteiger partial charge on any atom is -0.449 e. The predicted octanol–water partition coefficient (Wildman–Crippen LogP) is 2.72. The number of esters is 1. The van der Waals surface area contributed by atoms with Gasteiger partial charge in [-0.25, -0.2) is 17.6 Å². The number of amides is 1. The second-order valence-electron chi connectivity index (χ2n) is 5.80. The number of ether oxygens (including phenoxy) is 1. The summed E-state index contributed by atoms with van der Waals surface area (Å²) in [5.41, 5.74) is 0.803. The third kappa shape index (κ3) is 4.89. The number of sulfone groups is 1. The van der Waals surface area contributed by atoms with Crippen LogP contribution < -0.4 is 5.32 Å². The summed E-state index contributed by atoms with van der Waals surface area (Å²) in [6, 6.07) is 9.40. The van der Waals surface area contributed by atoms with Crippen molar-refractivity contribution in [2.24, 2.45) is 0 Å². The first kappa shape index (κ1) is 19.6. The van der Waals surface area contributed by atoms with Crippen LogP contribution >= 0.6 is 0 Å². The number of hydrogen-bond donors (Lipinski definition) is 1. The van der Waals surface area contributed by atoms with Gasteiger partial charge in [0, 0.05) is 11.9 Å². The first-order valence-electron chi connectivity index (χ1n) is 7.66. The lowest BCUT2D eigenvalue weighted by molar-refractivity contribution is -0.123. The number of benzene rings is 2. The molecule has 2 aromatic carbocycles. The van der Waals surface area contributed by atoms with Crippen molar-refractivity contribution in [2.75, 3.05) is 11.6 Å². The second kappa shape index (κ2) is 7.65. The van der Waals surface area contributed by atoms with Gasteiger partial charge in [-0.05, 0) is 55.8 Å². The molecule has 0 spiro atoms. The van der Waals surface area contributed by atoms with Crippen LogP contribution in [0.2, 0.25) is 0 Å². The third-order valence-electron chi connectivity index (χ3n) is 3.61. The normalized spacial score (nSPS) is 12.3. The number of hydrogen-bond acceptors (Lipinski definition) is 5. The van der Waals surface area contributed by atoms with Crippen molar-refractivity contribution in [3.05, 3.63) is 59.4 Å². The molecule has 1 unspecified atom stereocenters. The van der Waals surface area contributed by atoms with Crippen LogP contribution in [0, 0.1) is 12.7 Å². The quantitative estimate of drug-likeness (QED) is 0.807. The fourth-order valence-electron chi connectivity index (χ4n) is 2.03. The lowest BCUT2D eigenvalue weighted by Crippen LogP contribution is -2.30. The Kier molecular flexibility index (Phi) is 5.76. The predicted molar refractivity (Wildman–Crippen MR) is 94.2 cm³/mol. The molecule has 1 amide bonds. The summed E-state index contributed by atoms with van der Waals surface area (Å²) >= 11 is 0. The van der Waals surface area contributed by atoms with E-state index in [1.165, 1.54) is 49.4 Å². The molecule has 0 aliphatic carbocycles. The molecule has 1 atom stereocenters. The van der Waals surface area contributed by atoms with Gasteiger partial charge in [-0.2, -0.15) is 0 Å². The van der Waals surface area contributed by atoms with Gasteiger partial charge < -0.3 is 10.1 Å². The Labute approximate surface area is 150 Å². The fourth-order valence-corrected chi connectivity index (χ4v) is 2.67. The summed E-state index contributed by atoms with van der Waals surface area (Å²) in [7, 11) is -3.37. The summed E-state index contributed by atoms with van der Waals surface area (Å²) in [5, 5.41) is 2.46. The zero-order valence-electron chi connectivity index (χ0n) is 14.4. The smallest absolute Gasteiger partial charge is 0.338 e. The van der Waals surface area contributed by atoms with E-state index in [9.17, 15) is 22.4 Å². The number of nitrogens with one attached hydrogen (secondary N) is 1. The van der Waals surface area contributed by atoms with E-state index in [-0.39, 0.29) is 16.1 Å². The molecule has 0 heterocycles. The Morgan fingerprint density at radius 3 is 2.27 bits per heavy atom. The minimum atomic E-state index is -3.37. The van der Waals surface area contributed by atoms with E-state index in [1.807, 2.05) is 0 Å². The molecule has 8 heteroatoms. The fraction of sp³-hybridized carbons (Fsp3) is 0.222. The van der Waals surface area contributed by atoms with Crippen molar-refractivity contribution in [1.29, 1.82) is 0 Å². The van der Waals surface area contributed by atoms with Crippen molar-refractivity contribution >= 4 is 27.4 Å². The van der Waals surface area contributed by atoms with Gasteiger partial charge in [-0.1, -0.05) is 6.07 Å². The molecule has 0 aliphatic rings. The maximum atomic E-state index is 13.5. The highest BCUT2D eigenvalue weighted by Crippen LogP contribution is 2.15. The second-order valence-corrected chi connectivity index (χ2v) is 7.81. The third-order valence-corrected chi connectivity index (χ3v) is 4.74. The largest absolute Gasteiger partial charge is 0.449 e. The van der Waals surface area contributed by atoms with Crippen molar-refractivity contribution in [1.82, 2.24) is 0 Å². The Morgan fingerprint density at radius 2 is 1.73 bits per heavy atom. The SMILES string of the molecule is Cc1ccc(NC(=O)C(C)OC(=O)c2ccc(S(C)(=O)=O)cc2)cc1F. The van der Waals surface area contributed by atoms with Crippen LogP contribution in [-0.4, -0.2) is 32.7 Å². The molecule has 2 aromatic rings. The molecule has 0 fully saturated rings. The number of halogens is 1. The molecule has 0 bridgehead atoms. The van der Waals surface area contributed by atoms with Gasteiger partial charge in [0.05, 0.1) is 10.5 Å². The first-order valence-corrected chi connectivity index (χ1v) is 9.55. The van der Waals surface area contributed by atoms with E-state index < -0.39 is 33.6 Å². The highest BCUT2D eigenvalue weighted by molar-refractivity contribution is 7.90. The van der Waals surface area contributed by atoms with Crippen LogP contribution in [0.25, 0.3) is 0 Å². The molecule has 2 rings (SSSR count). The maximum Gasteiger partial charge on any atom is 0.338 e. The Hall–Kier alpha value is -2.74. The monoisotopic (exact) mass is 379 g/mol. The minimum absolute atomic E-state index is 0.0706. The summed E-state index contributed by atoms with van der Waals surface area (Å²) < 4.78 is 41.4. The van der Waals surface area contributed by atoms with Gasteiger partial charge in [0.15, 0.2) is 15.9 Å². The zero-order chi connectivity index (χ0) is 19.5. The van der Waals surface area contributed by atoms with Gasteiger partial charge in [0.2, 0.25) is 0 Å². The molecular formula is C18H18FNO5S. The van der Waals surface area contributed by atoms with E-state index in [4.69, 9.17) is 4.74 Å². The number of aryl methyl sites for hydroxylation is 1.